The number of aliphatic carboxylic acids is 1. The van der Waals surface area contributed by atoms with Crippen LogP contribution in [0.2, 0.25) is 0 Å². The van der Waals surface area contributed by atoms with Crippen LogP contribution in [0.1, 0.15) is 23.1 Å². The third kappa shape index (κ3) is 3.29. The highest BCUT2D eigenvalue weighted by Gasteiger charge is 2.38. The number of nitrogens with one attached hydrogen (secondary N) is 1. The summed E-state index contributed by atoms with van der Waals surface area (Å²) in [7, 11) is 0. The third-order valence-electron chi connectivity index (χ3n) is 3.30. The molecule has 7 heteroatoms. The van der Waals surface area contributed by atoms with Gasteiger partial charge in [-0.05, 0) is 18.6 Å². The minimum atomic E-state index is -1.08. The fourth-order valence-electron chi connectivity index (χ4n) is 2.24. The zero-order chi connectivity index (χ0) is 14.7. The first kappa shape index (κ1) is 14.8. The number of aryl methyl sites for hydroxylation is 1. The number of carboxylic acids is 1. The number of carbonyl (C=O) groups is 2. The van der Waals surface area contributed by atoms with Gasteiger partial charge in [0.1, 0.15) is 6.04 Å². The Morgan fingerprint density at radius 1 is 1.45 bits per heavy atom. The number of β-amino-alcohol motifs (C(OH)–C–C–N with tert-alkyl or cyclic N) is 1. The maximum atomic E-state index is 12.0. The Balaban J connectivity index is 1.92. The molecule has 0 unspecified atom stereocenters. The number of carbonyl (C=O) groups excluding carboxylic acids is 1. The van der Waals surface area contributed by atoms with E-state index >= 15 is 0 Å². The Bertz CT molecular complexity index is 502. The fourth-order valence-corrected chi connectivity index (χ4v) is 3.14. The number of hydrogen-bond acceptors (Lipinski definition) is 4. The summed E-state index contributed by atoms with van der Waals surface area (Å²) in [6.45, 7) is 2.51. The van der Waals surface area contributed by atoms with Gasteiger partial charge in [0.25, 0.3) is 0 Å². The van der Waals surface area contributed by atoms with Crippen molar-refractivity contribution in [3.05, 3.63) is 21.9 Å². The van der Waals surface area contributed by atoms with Crippen molar-refractivity contribution in [1.82, 2.24) is 10.2 Å². The monoisotopic (exact) mass is 298 g/mol. The van der Waals surface area contributed by atoms with Crippen LogP contribution < -0.4 is 5.32 Å². The average Bonchev–Trinajstić information content (AvgIpc) is 3.02. The molecular formula is C13H18N2O4S. The van der Waals surface area contributed by atoms with Crippen LogP contribution in [-0.4, -0.2) is 45.8 Å². The van der Waals surface area contributed by atoms with Gasteiger partial charge in [-0.1, -0.05) is 6.92 Å². The summed E-state index contributed by atoms with van der Waals surface area (Å²) in [6.07, 6.45) is 0.273. The van der Waals surface area contributed by atoms with E-state index in [1.54, 1.807) is 11.3 Å². The number of carboxylic acid groups (broad SMARTS) is 1. The van der Waals surface area contributed by atoms with E-state index in [0.717, 1.165) is 11.3 Å². The van der Waals surface area contributed by atoms with E-state index in [9.17, 15) is 14.7 Å². The number of amides is 2. The molecule has 1 aliphatic rings. The van der Waals surface area contributed by atoms with Gasteiger partial charge in [-0.2, -0.15) is 0 Å². The molecule has 0 spiro atoms. The number of likely N-dealkylation sites (tertiary alicyclic amines) is 1. The molecule has 1 aromatic rings. The predicted molar refractivity (Wildman–Crippen MR) is 74.7 cm³/mol. The number of rotatable bonds is 4. The summed E-state index contributed by atoms with van der Waals surface area (Å²) in [4.78, 5) is 26.5. The van der Waals surface area contributed by atoms with Crippen LogP contribution in [0.5, 0.6) is 0 Å². The first-order chi connectivity index (χ1) is 9.51. The molecule has 0 aromatic carbocycles. The minimum absolute atomic E-state index is 0.0629. The number of aliphatic hydroxyl groups is 1. The predicted octanol–water partition coefficient (Wildman–Crippen LogP) is 1.04. The number of urea groups is 1. The average molecular weight is 298 g/mol. The Kier molecular flexibility index (Phi) is 4.61. The second-order valence-electron chi connectivity index (χ2n) is 4.78. The van der Waals surface area contributed by atoms with E-state index in [0.29, 0.717) is 6.54 Å². The number of thiophene rings is 1. The smallest absolute Gasteiger partial charge is 0.326 e. The summed E-state index contributed by atoms with van der Waals surface area (Å²) in [5, 5.41) is 21.3. The summed E-state index contributed by atoms with van der Waals surface area (Å²) < 4.78 is 0. The van der Waals surface area contributed by atoms with Crippen LogP contribution in [-0.2, 0) is 17.8 Å². The highest BCUT2D eigenvalue weighted by molar-refractivity contribution is 7.11. The molecule has 2 heterocycles. The van der Waals surface area contributed by atoms with Gasteiger partial charge in [-0.3, -0.25) is 0 Å². The van der Waals surface area contributed by atoms with E-state index in [-0.39, 0.29) is 13.0 Å². The number of nitrogens with zero attached hydrogens (tertiary/aromatic N) is 1. The SMILES string of the molecule is CCc1ccc(CNC(=O)N2C[C@H](O)C[C@H]2C(=O)O)s1. The Morgan fingerprint density at radius 2 is 2.15 bits per heavy atom. The van der Waals surface area contributed by atoms with Gasteiger partial charge in [0.2, 0.25) is 0 Å². The van der Waals surface area contributed by atoms with Crippen molar-refractivity contribution in [3.8, 4) is 0 Å². The van der Waals surface area contributed by atoms with Crippen molar-refractivity contribution < 1.29 is 19.8 Å². The molecule has 3 N–H and O–H groups in total. The van der Waals surface area contributed by atoms with Crippen molar-refractivity contribution in [1.29, 1.82) is 0 Å². The molecule has 0 aliphatic carbocycles. The highest BCUT2D eigenvalue weighted by atomic mass is 32.1. The molecule has 1 saturated heterocycles. The van der Waals surface area contributed by atoms with E-state index < -0.39 is 24.1 Å². The maximum Gasteiger partial charge on any atom is 0.326 e. The van der Waals surface area contributed by atoms with Gasteiger partial charge in [-0.15, -0.1) is 11.3 Å². The quantitative estimate of drug-likeness (QED) is 0.775. The summed E-state index contributed by atoms with van der Waals surface area (Å²) >= 11 is 1.63. The fraction of sp³-hybridized carbons (Fsp3) is 0.538. The normalized spacial score (nSPS) is 22.0. The van der Waals surface area contributed by atoms with E-state index in [1.807, 2.05) is 12.1 Å². The van der Waals surface area contributed by atoms with Crippen molar-refractivity contribution in [2.75, 3.05) is 6.54 Å². The Labute approximate surface area is 121 Å². The van der Waals surface area contributed by atoms with Crippen molar-refractivity contribution >= 4 is 23.3 Å². The molecule has 2 amide bonds. The molecule has 1 aromatic heterocycles. The lowest BCUT2D eigenvalue weighted by atomic mass is 10.2. The molecular weight excluding hydrogens is 280 g/mol. The van der Waals surface area contributed by atoms with Gasteiger partial charge < -0.3 is 20.4 Å². The largest absolute Gasteiger partial charge is 0.480 e. The molecule has 2 rings (SSSR count). The van der Waals surface area contributed by atoms with Crippen LogP contribution in [0.4, 0.5) is 4.79 Å². The first-order valence-electron chi connectivity index (χ1n) is 6.54. The second-order valence-corrected chi connectivity index (χ2v) is 6.03. The topological polar surface area (TPSA) is 89.9 Å². The Morgan fingerprint density at radius 3 is 2.75 bits per heavy atom. The van der Waals surface area contributed by atoms with Crippen LogP contribution in [0, 0.1) is 0 Å². The van der Waals surface area contributed by atoms with Crippen molar-refractivity contribution in [3.63, 3.8) is 0 Å². The molecule has 0 saturated carbocycles. The van der Waals surface area contributed by atoms with Gasteiger partial charge in [0.05, 0.1) is 12.6 Å². The highest BCUT2D eigenvalue weighted by Crippen LogP contribution is 2.19. The lowest BCUT2D eigenvalue weighted by molar-refractivity contribution is -0.141. The summed E-state index contributed by atoms with van der Waals surface area (Å²) in [5.41, 5.74) is 0. The van der Waals surface area contributed by atoms with Gasteiger partial charge in [0.15, 0.2) is 0 Å². The molecule has 0 bridgehead atoms. The van der Waals surface area contributed by atoms with Crippen molar-refractivity contribution in [2.45, 2.75) is 38.5 Å². The molecule has 6 nitrogen and oxygen atoms in total. The summed E-state index contributed by atoms with van der Waals surface area (Å²) in [5.74, 6) is -1.08. The Hall–Kier alpha value is -1.60. The standard InChI is InChI=1S/C13H18N2O4S/c1-2-9-3-4-10(20-9)6-14-13(19)15-7-8(16)5-11(15)12(17)18/h3-4,8,11,16H,2,5-7H2,1H3,(H,14,19)(H,17,18)/t8-,11+/m1/s1. The molecule has 1 fully saturated rings. The number of aliphatic hydroxyl groups excluding tert-OH is 1. The van der Waals surface area contributed by atoms with E-state index in [1.165, 1.54) is 9.78 Å². The third-order valence-corrected chi connectivity index (χ3v) is 4.53. The van der Waals surface area contributed by atoms with Gasteiger partial charge >= 0.3 is 12.0 Å². The van der Waals surface area contributed by atoms with Crippen LogP contribution in [0.25, 0.3) is 0 Å². The maximum absolute atomic E-state index is 12.0. The van der Waals surface area contributed by atoms with Crippen molar-refractivity contribution in [2.24, 2.45) is 0 Å². The first-order valence-corrected chi connectivity index (χ1v) is 7.35. The van der Waals surface area contributed by atoms with Crippen LogP contribution >= 0.6 is 11.3 Å². The molecule has 2 atom stereocenters. The second kappa shape index (κ2) is 6.23. The zero-order valence-corrected chi connectivity index (χ0v) is 12.0. The zero-order valence-electron chi connectivity index (χ0n) is 11.2. The molecule has 110 valence electrons. The lowest BCUT2D eigenvalue weighted by Gasteiger charge is -2.21. The van der Waals surface area contributed by atoms with Crippen LogP contribution in [0.3, 0.4) is 0 Å². The lowest BCUT2D eigenvalue weighted by Crippen LogP contribution is -2.45. The minimum Gasteiger partial charge on any atom is -0.480 e. The molecule has 0 radical (unpaired) electrons. The van der Waals surface area contributed by atoms with E-state index in [2.05, 4.69) is 12.2 Å². The molecule has 1 aliphatic heterocycles. The number of hydrogen-bond donors (Lipinski definition) is 3. The summed E-state index contributed by atoms with van der Waals surface area (Å²) in [6, 6.07) is 2.59. The van der Waals surface area contributed by atoms with Crippen LogP contribution in [0.15, 0.2) is 12.1 Å². The van der Waals surface area contributed by atoms with Gasteiger partial charge in [-0.25, -0.2) is 9.59 Å². The van der Waals surface area contributed by atoms with Gasteiger partial charge in [0, 0.05) is 22.7 Å². The molecule has 20 heavy (non-hydrogen) atoms. The van der Waals surface area contributed by atoms with E-state index in [4.69, 9.17) is 5.11 Å².